The highest BCUT2D eigenvalue weighted by atomic mass is 19.4. The van der Waals surface area contributed by atoms with Crippen LogP contribution in [0.25, 0.3) is 0 Å². The summed E-state index contributed by atoms with van der Waals surface area (Å²) < 4.78 is 37.5. The zero-order chi connectivity index (χ0) is 18.1. The highest BCUT2D eigenvalue weighted by molar-refractivity contribution is 5.39. The lowest BCUT2D eigenvalue weighted by Crippen LogP contribution is -2.12. The quantitative estimate of drug-likeness (QED) is 0.397. The van der Waals surface area contributed by atoms with Crippen molar-refractivity contribution in [3.8, 4) is 11.8 Å². The molecule has 0 saturated heterocycles. The molecule has 0 spiro atoms. The first-order valence-corrected chi connectivity index (χ1v) is 9.34. The van der Waals surface area contributed by atoms with E-state index >= 15 is 0 Å². The Hall–Kier alpha value is -1.69. The average molecular weight is 348 g/mol. The Morgan fingerprint density at radius 2 is 1.72 bits per heavy atom. The first kappa shape index (κ1) is 19.6. The summed E-state index contributed by atoms with van der Waals surface area (Å²) in [5, 5.41) is 0. The summed E-state index contributed by atoms with van der Waals surface area (Å²) in [5.41, 5.74) is -0.0263. The molecule has 1 fully saturated rings. The number of halogens is 3. The van der Waals surface area contributed by atoms with Gasteiger partial charge in [-0.25, -0.2) is 0 Å². The van der Waals surface area contributed by atoms with Gasteiger partial charge in [0, 0.05) is 5.56 Å². The van der Waals surface area contributed by atoms with E-state index in [0.29, 0.717) is 11.5 Å². The highest BCUT2D eigenvalue weighted by Gasteiger charge is 2.29. The molecule has 0 nitrogen and oxygen atoms in total. The van der Waals surface area contributed by atoms with Crippen molar-refractivity contribution >= 4 is 0 Å². The van der Waals surface area contributed by atoms with Crippen LogP contribution in [0.1, 0.15) is 69.4 Å². The summed E-state index contributed by atoms with van der Waals surface area (Å²) in [6.45, 7) is 2.24. The summed E-state index contributed by atoms with van der Waals surface area (Å²) in [5.74, 6) is 7.35. The molecule has 0 radical (unpaired) electrons. The van der Waals surface area contributed by atoms with E-state index in [1.54, 1.807) is 0 Å². The van der Waals surface area contributed by atoms with Gasteiger partial charge >= 0.3 is 6.18 Å². The molecule has 1 saturated carbocycles. The molecule has 1 aliphatic rings. The number of hydrogen-bond donors (Lipinski definition) is 0. The second-order valence-corrected chi connectivity index (χ2v) is 6.98. The van der Waals surface area contributed by atoms with Crippen molar-refractivity contribution in [1.29, 1.82) is 0 Å². The number of alkyl halides is 3. The van der Waals surface area contributed by atoms with Crippen LogP contribution in [0.5, 0.6) is 0 Å². The Morgan fingerprint density at radius 3 is 2.32 bits per heavy atom. The normalized spacial score (nSPS) is 21.1. The zero-order valence-corrected chi connectivity index (χ0v) is 14.9. The number of allylic oxidation sites excluding steroid dienone is 2. The van der Waals surface area contributed by atoms with Gasteiger partial charge in [-0.2, -0.15) is 13.2 Å². The second-order valence-electron chi connectivity index (χ2n) is 6.98. The molecule has 1 aromatic rings. The van der Waals surface area contributed by atoms with Gasteiger partial charge in [-0.05, 0) is 67.9 Å². The minimum atomic E-state index is -4.29. The minimum Gasteiger partial charge on any atom is -0.166 e. The van der Waals surface area contributed by atoms with Crippen LogP contribution in [0.3, 0.4) is 0 Å². The van der Waals surface area contributed by atoms with Crippen LogP contribution >= 0.6 is 0 Å². The van der Waals surface area contributed by atoms with Crippen LogP contribution < -0.4 is 0 Å². The molecule has 0 aliphatic heterocycles. The van der Waals surface area contributed by atoms with Crippen LogP contribution in [-0.2, 0) is 6.18 Å². The molecular weight excluding hydrogens is 321 g/mol. The maximum Gasteiger partial charge on any atom is 0.416 e. The molecule has 3 heteroatoms. The fraction of sp³-hybridized carbons (Fsp3) is 0.545. The number of rotatable bonds is 5. The Kier molecular flexibility index (Phi) is 7.62. The average Bonchev–Trinajstić information content (AvgIpc) is 2.60. The molecule has 1 aromatic carbocycles. The molecule has 0 atom stereocenters. The van der Waals surface area contributed by atoms with Crippen molar-refractivity contribution in [2.24, 2.45) is 11.8 Å². The molecule has 0 aromatic heterocycles. The zero-order valence-electron chi connectivity index (χ0n) is 14.9. The van der Waals surface area contributed by atoms with Crippen molar-refractivity contribution < 1.29 is 13.2 Å². The summed E-state index contributed by atoms with van der Waals surface area (Å²) in [6.07, 6.45) is 10.2. The smallest absolute Gasteiger partial charge is 0.166 e. The summed E-state index contributed by atoms with van der Waals surface area (Å²) in [6, 6.07) is 5.00. The van der Waals surface area contributed by atoms with Gasteiger partial charge in [0.1, 0.15) is 0 Å². The largest absolute Gasteiger partial charge is 0.416 e. The lowest BCUT2D eigenvalue weighted by molar-refractivity contribution is -0.137. The SMILES string of the molecule is CCCCC[C@H]1CC[C@H](C=CC#Cc2ccc(C(F)(F)F)cc2)CC1. The van der Waals surface area contributed by atoms with Crippen molar-refractivity contribution in [1.82, 2.24) is 0 Å². The van der Waals surface area contributed by atoms with Gasteiger partial charge < -0.3 is 0 Å². The summed E-state index contributed by atoms with van der Waals surface area (Å²) >= 11 is 0. The fourth-order valence-electron chi connectivity index (χ4n) is 3.40. The molecular formula is C22H27F3. The van der Waals surface area contributed by atoms with Gasteiger partial charge in [0.2, 0.25) is 0 Å². The third-order valence-corrected chi connectivity index (χ3v) is 4.99. The molecule has 0 amide bonds. The van der Waals surface area contributed by atoms with E-state index in [0.717, 1.165) is 18.1 Å². The predicted octanol–water partition coefficient (Wildman–Crippen LogP) is 7.00. The third kappa shape index (κ3) is 6.98. The van der Waals surface area contributed by atoms with Crippen molar-refractivity contribution in [2.75, 3.05) is 0 Å². The maximum absolute atomic E-state index is 12.5. The Labute approximate surface area is 149 Å². The molecule has 0 bridgehead atoms. The van der Waals surface area contributed by atoms with Crippen LogP contribution in [0.2, 0.25) is 0 Å². The van der Waals surface area contributed by atoms with Crippen LogP contribution in [0.15, 0.2) is 36.4 Å². The fourth-order valence-corrected chi connectivity index (χ4v) is 3.40. The van der Waals surface area contributed by atoms with Crippen molar-refractivity contribution in [3.05, 3.63) is 47.5 Å². The number of hydrogen-bond acceptors (Lipinski definition) is 0. The highest BCUT2D eigenvalue weighted by Crippen LogP contribution is 2.32. The van der Waals surface area contributed by atoms with E-state index in [-0.39, 0.29) is 0 Å². The van der Waals surface area contributed by atoms with E-state index in [1.807, 2.05) is 6.08 Å². The van der Waals surface area contributed by atoms with E-state index in [4.69, 9.17) is 0 Å². The standard InChI is InChI=1S/C22H27F3/c1-2-3-4-7-18-10-12-19(13-11-18)8-5-6-9-20-14-16-21(17-15-20)22(23,24)25/h5,8,14-19H,2-4,7,10-13H2,1H3/t18-,19-. The van der Waals surface area contributed by atoms with Crippen molar-refractivity contribution in [3.63, 3.8) is 0 Å². The lowest BCUT2D eigenvalue weighted by Gasteiger charge is -2.26. The molecule has 0 heterocycles. The molecule has 2 rings (SSSR count). The summed E-state index contributed by atoms with van der Waals surface area (Å²) in [4.78, 5) is 0. The van der Waals surface area contributed by atoms with E-state index in [9.17, 15) is 13.2 Å². The molecule has 1 aliphatic carbocycles. The first-order valence-electron chi connectivity index (χ1n) is 9.34. The van der Waals surface area contributed by atoms with Gasteiger partial charge in [-0.3, -0.25) is 0 Å². The minimum absolute atomic E-state index is 0.601. The lowest BCUT2D eigenvalue weighted by atomic mass is 9.79. The monoisotopic (exact) mass is 348 g/mol. The summed E-state index contributed by atoms with van der Waals surface area (Å²) in [7, 11) is 0. The molecule has 136 valence electrons. The van der Waals surface area contributed by atoms with Gasteiger partial charge in [-0.1, -0.05) is 50.5 Å². The Morgan fingerprint density at radius 1 is 1.04 bits per heavy atom. The molecule has 25 heavy (non-hydrogen) atoms. The number of benzene rings is 1. The van der Waals surface area contributed by atoms with Crippen LogP contribution in [0.4, 0.5) is 13.2 Å². The molecule has 0 unspecified atom stereocenters. The Bertz CT molecular complexity index is 591. The second kappa shape index (κ2) is 9.70. The van der Waals surface area contributed by atoms with E-state index in [1.165, 1.54) is 63.5 Å². The van der Waals surface area contributed by atoms with Gasteiger partial charge in [0.15, 0.2) is 0 Å². The third-order valence-electron chi connectivity index (χ3n) is 4.99. The van der Waals surface area contributed by atoms with Crippen LogP contribution in [-0.4, -0.2) is 0 Å². The van der Waals surface area contributed by atoms with Gasteiger partial charge in [0.25, 0.3) is 0 Å². The molecule has 0 N–H and O–H groups in total. The van der Waals surface area contributed by atoms with Gasteiger partial charge in [0.05, 0.1) is 5.56 Å². The van der Waals surface area contributed by atoms with Gasteiger partial charge in [-0.15, -0.1) is 0 Å². The first-order chi connectivity index (χ1) is 12.0. The number of unbranched alkanes of at least 4 members (excludes halogenated alkanes) is 2. The van der Waals surface area contributed by atoms with E-state index < -0.39 is 11.7 Å². The predicted molar refractivity (Wildman–Crippen MR) is 97.1 cm³/mol. The van der Waals surface area contributed by atoms with Crippen LogP contribution in [0, 0.1) is 23.7 Å². The maximum atomic E-state index is 12.5. The Balaban J connectivity index is 1.76. The van der Waals surface area contributed by atoms with E-state index in [2.05, 4.69) is 24.8 Å². The topological polar surface area (TPSA) is 0 Å². The van der Waals surface area contributed by atoms with Crippen molar-refractivity contribution in [2.45, 2.75) is 64.5 Å².